The third kappa shape index (κ3) is 5.13. The lowest BCUT2D eigenvalue weighted by Gasteiger charge is -2.19. The van der Waals surface area contributed by atoms with Gasteiger partial charge >= 0.3 is 5.97 Å². The molecule has 0 aliphatic carbocycles. The molecule has 0 aromatic heterocycles. The van der Waals surface area contributed by atoms with Gasteiger partial charge < -0.3 is 10.8 Å². The van der Waals surface area contributed by atoms with Crippen LogP contribution in [0.4, 0.5) is 0 Å². The minimum atomic E-state index is -0.807. The van der Waals surface area contributed by atoms with Gasteiger partial charge in [-0.3, -0.25) is 4.79 Å². The Labute approximate surface area is 74.0 Å². The molecule has 12 heavy (non-hydrogen) atoms. The molecular formula is C9H19NO2. The Kier molecular flexibility index (Phi) is 4.90. The maximum Gasteiger partial charge on any atom is 0.304 e. The molecule has 72 valence electrons. The standard InChI is InChI=1S/C9H19NO2/c1-6(2)4-7(3)8(10)5-9(11)12/h6-8H,4-5,10H2,1-3H3,(H,11,12). The fourth-order valence-corrected chi connectivity index (χ4v) is 1.32. The summed E-state index contributed by atoms with van der Waals surface area (Å²) in [6.45, 7) is 6.24. The molecule has 0 fully saturated rings. The number of hydrogen-bond donors (Lipinski definition) is 2. The number of rotatable bonds is 5. The van der Waals surface area contributed by atoms with E-state index in [0.717, 1.165) is 6.42 Å². The van der Waals surface area contributed by atoms with E-state index < -0.39 is 5.97 Å². The monoisotopic (exact) mass is 173 g/mol. The van der Waals surface area contributed by atoms with Crippen LogP contribution in [0.15, 0.2) is 0 Å². The topological polar surface area (TPSA) is 63.3 Å². The Balaban J connectivity index is 3.76. The summed E-state index contributed by atoms with van der Waals surface area (Å²) >= 11 is 0. The van der Waals surface area contributed by atoms with Gasteiger partial charge in [0.1, 0.15) is 0 Å². The van der Waals surface area contributed by atoms with Crippen molar-refractivity contribution in [2.24, 2.45) is 17.6 Å². The Hall–Kier alpha value is -0.570. The highest BCUT2D eigenvalue weighted by atomic mass is 16.4. The van der Waals surface area contributed by atoms with E-state index in [0.29, 0.717) is 11.8 Å². The van der Waals surface area contributed by atoms with E-state index in [-0.39, 0.29) is 12.5 Å². The molecular weight excluding hydrogens is 154 g/mol. The summed E-state index contributed by atoms with van der Waals surface area (Å²) in [7, 11) is 0. The van der Waals surface area contributed by atoms with Crippen LogP contribution >= 0.6 is 0 Å². The predicted molar refractivity (Wildman–Crippen MR) is 48.8 cm³/mol. The summed E-state index contributed by atoms with van der Waals surface area (Å²) in [4.78, 5) is 10.3. The first-order valence-electron chi connectivity index (χ1n) is 4.40. The van der Waals surface area contributed by atoms with Crippen molar-refractivity contribution in [3.8, 4) is 0 Å². The zero-order valence-corrected chi connectivity index (χ0v) is 8.08. The zero-order valence-electron chi connectivity index (χ0n) is 8.08. The predicted octanol–water partition coefficient (Wildman–Crippen LogP) is 1.47. The number of carboxylic acids is 1. The number of hydrogen-bond acceptors (Lipinski definition) is 2. The second kappa shape index (κ2) is 5.14. The van der Waals surface area contributed by atoms with Gasteiger partial charge in [-0.2, -0.15) is 0 Å². The van der Waals surface area contributed by atoms with E-state index in [1.165, 1.54) is 0 Å². The number of aliphatic carboxylic acids is 1. The summed E-state index contributed by atoms with van der Waals surface area (Å²) in [6.07, 6.45) is 1.07. The smallest absolute Gasteiger partial charge is 0.304 e. The lowest BCUT2D eigenvalue weighted by molar-refractivity contribution is -0.137. The van der Waals surface area contributed by atoms with Gasteiger partial charge in [0, 0.05) is 6.04 Å². The summed E-state index contributed by atoms with van der Waals surface area (Å²) in [5.41, 5.74) is 5.69. The highest BCUT2D eigenvalue weighted by Crippen LogP contribution is 2.15. The van der Waals surface area contributed by atoms with E-state index >= 15 is 0 Å². The van der Waals surface area contributed by atoms with Gasteiger partial charge in [-0.25, -0.2) is 0 Å². The molecule has 0 aromatic rings. The molecule has 0 aliphatic heterocycles. The molecule has 0 rings (SSSR count). The molecule has 3 N–H and O–H groups in total. The summed E-state index contributed by atoms with van der Waals surface area (Å²) in [6, 6.07) is -0.204. The van der Waals surface area contributed by atoms with E-state index in [2.05, 4.69) is 13.8 Å². The molecule has 0 bridgehead atoms. The van der Waals surface area contributed by atoms with Crippen LogP contribution in [0.3, 0.4) is 0 Å². The second-order valence-electron chi connectivity index (χ2n) is 3.87. The van der Waals surface area contributed by atoms with Crippen molar-refractivity contribution in [1.29, 1.82) is 0 Å². The molecule has 0 amide bonds. The van der Waals surface area contributed by atoms with E-state index in [4.69, 9.17) is 10.8 Å². The van der Waals surface area contributed by atoms with E-state index in [1.54, 1.807) is 0 Å². The van der Waals surface area contributed by atoms with Crippen LogP contribution in [0.5, 0.6) is 0 Å². The van der Waals surface area contributed by atoms with Gasteiger partial charge in [0.2, 0.25) is 0 Å². The third-order valence-electron chi connectivity index (χ3n) is 1.98. The quantitative estimate of drug-likeness (QED) is 0.661. The van der Waals surface area contributed by atoms with Crippen molar-refractivity contribution in [3.05, 3.63) is 0 Å². The highest BCUT2D eigenvalue weighted by Gasteiger charge is 2.16. The minimum absolute atomic E-state index is 0.0773. The zero-order chi connectivity index (χ0) is 9.72. The first kappa shape index (κ1) is 11.4. The van der Waals surface area contributed by atoms with Crippen LogP contribution < -0.4 is 5.73 Å². The van der Waals surface area contributed by atoms with Crippen molar-refractivity contribution < 1.29 is 9.90 Å². The Bertz CT molecular complexity index is 145. The third-order valence-corrected chi connectivity index (χ3v) is 1.98. The SMILES string of the molecule is CC(C)CC(C)C(N)CC(=O)O. The number of carboxylic acid groups (broad SMARTS) is 1. The molecule has 0 heterocycles. The maximum absolute atomic E-state index is 10.3. The first-order valence-corrected chi connectivity index (χ1v) is 4.40. The molecule has 0 aliphatic rings. The van der Waals surface area contributed by atoms with Gasteiger partial charge in [-0.1, -0.05) is 20.8 Å². The van der Waals surface area contributed by atoms with Crippen molar-refractivity contribution >= 4 is 5.97 Å². The van der Waals surface area contributed by atoms with Crippen molar-refractivity contribution in [2.45, 2.75) is 39.7 Å². The summed E-state index contributed by atoms with van der Waals surface area (Å²) < 4.78 is 0. The van der Waals surface area contributed by atoms with Gasteiger partial charge in [0.15, 0.2) is 0 Å². The van der Waals surface area contributed by atoms with Crippen molar-refractivity contribution in [3.63, 3.8) is 0 Å². The van der Waals surface area contributed by atoms with Crippen molar-refractivity contribution in [2.75, 3.05) is 0 Å². The van der Waals surface area contributed by atoms with Gasteiger partial charge in [-0.15, -0.1) is 0 Å². The molecule has 2 unspecified atom stereocenters. The first-order chi connectivity index (χ1) is 5.43. The molecule has 0 aromatic carbocycles. The van der Waals surface area contributed by atoms with Crippen LogP contribution in [0.1, 0.15) is 33.6 Å². The lowest BCUT2D eigenvalue weighted by Crippen LogP contribution is -2.31. The Morgan fingerprint density at radius 2 is 1.92 bits per heavy atom. The molecule has 0 radical (unpaired) electrons. The normalized spacial score (nSPS) is 16.1. The highest BCUT2D eigenvalue weighted by molar-refractivity contribution is 5.67. The van der Waals surface area contributed by atoms with Crippen molar-refractivity contribution in [1.82, 2.24) is 0 Å². The average Bonchev–Trinajstić information content (AvgIpc) is 1.84. The average molecular weight is 173 g/mol. The van der Waals surface area contributed by atoms with Crippen LogP contribution in [0, 0.1) is 11.8 Å². The molecule has 0 saturated heterocycles. The molecule has 2 atom stereocenters. The summed E-state index contributed by atoms with van der Waals surface area (Å²) in [5.74, 6) is 0.0686. The number of nitrogens with two attached hydrogens (primary N) is 1. The van der Waals surface area contributed by atoms with Crippen LogP contribution in [-0.2, 0) is 4.79 Å². The van der Waals surface area contributed by atoms with Gasteiger partial charge in [-0.05, 0) is 18.3 Å². The largest absolute Gasteiger partial charge is 0.481 e. The molecule has 0 spiro atoms. The fraction of sp³-hybridized carbons (Fsp3) is 0.889. The fourth-order valence-electron chi connectivity index (χ4n) is 1.32. The Morgan fingerprint density at radius 3 is 2.25 bits per heavy atom. The summed E-state index contributed by atoms with van der Waals surface area (Å²) in [5, 5.41) is 8.49. The maximum atomic E-state index is 10.3. The van der Waals surface area contributed by atoms with Gasteiger partial charge in [0.05, 0.1) is 6.42 Å². The molecule has 0 saturated carbocycles. The molecule has 3 nitrogen and oxygen atoms in total. The minimum Gasteiger partial charge on any atom is -0.481 e. The van der Waals surface area contributed by atoms with Crippen LogP contribution in [0.25, 0.3) is 0 Å². The van der Waals surface area contributed by atoms with Crippen LogP contribution in [-0.4, -0.2) is 17.1 Å². The van der Waals surface area contributed by atoms with E-state index in [9.17, 15) is 4.79 Å². The van der Waals surface area contributed by atoms with E-state index in [1.807, 2.05) is 6.92 Å². The number of carbonyl (C=O) groups is 1. The molecule has 3 heteroatoms. The second-order valence-corrected chi connectivity index (χ2v) is 3.87. The Morgan fingerprint density at radius 1 is 1.42 bits per heavy atom. The van der Waals surface area contributed by atoms with Gasteiger partial charge in [0.25, 0.3) is 0 Å². The lowest BCUT2D eigenvalue weighted by atomic mass is 9.91. The van der Waals surface area contributed by atoms with Crippen LogP contribution in [0.2, 0.25) is 0 Å².